The number of H-pyrrole nitrogens is 1. The number of imidazole rings is 1. The molecule has 2 aromatic carbocycles. The number of aromatic amines is 1. The summed E-state index contributed by atoms with van der Waals surface area (Å²) < 4.78 is 2.20. The Morgan fingerprint density at radius 2 is 1.85 bits per heavy atom. The highest BCUT2D eigenvalue weighted by atomic mass is 35.5. The van der Waals surface area contributed by atoms with Crippen molar-refractivity contribution < 1.29 is 4.79 Å². The minimum Gasteiger partial charge on any atom is -0.349 e. The fourth-order valence-electron chi connectivity index (χ4n) is 2.97. The Morgan fingerprint density at radius 3 is 2.52 bits per heavy atom. The van der Waals surface area contributed by atoms with Crippen molar-refractivity contribution in [3.05, 3.63) is 81.8 Å². The molecule has 140 valence electrons. The Kier molecular flexibility index (Phi) is 6.11. The molecule has 0 saturated heterocycles. The quantitative estimate of drug-likeness (QED) is 0.609. The summed E-state index contributed by atoms with van der Waals surface area (Å²) >= 11 is 11.7. The van der Waals surface area contributed by atoms with Crippen LogP contribution >= 0.6 is 23.8 Å². The van der Waals surface area contributed by atoms with Gasteiger partial charge in [0.1, 0.15) is 5.69 Å². The fourth-order valence-corrected chi connectivity index (χ4v) is 3.49. The van der Waals surface area contributed by atoms with Crippen LogP contribution in [-0.2, 0) is 0 Å². The number of halogens is 1. The van der Waals surface area contributed by atoms with E-state index in [2.05, 4.69) is 10.3 Å². The van der Waals surface area contributed by atoms with Crippen LogP contribution in [0.25, 0.3) is 5.69 Å². The third kappa shape index (κ3) is 4.30. The Hall–Kier alpha value is -2.41. The summed E-state index contributed by atoms with van der Waals surface area (Å²) in [6, 6.07) is 17.2. The number of carbonyl (C=O) groups excluding carboxylic acids is 1. The number of nitrogens with one attached hydrogen (secondary N) is 2. The molecule has 0 spiro atoms. The lowest BCUT2D eigenvalue weighted by Gasteiger charge is -2.26. The van der Waals surface area contributed by atoms with E-state index in [1.807, 2.05) is 73.6 Å². The summed E-state index contributed by atoms with van der Waals surface area (Å²) in [7, 11) is 3.92. The van der Waals surface area contributed by atoms with E-state index in [0.29, 0.717) is 22.0 Å². The Balaban J connectivity index is 1.82. The Bertz CT molecular complexity index is 981. The molecule has 3 aromatic rings. The minimum absolute atomic E-state index is 0.0465. The molecule has 1 atom stereocenters. The molecule has 2 N–H and O–H groups in total. The van der Waals surface area contributed by atoms with E-state index in [1.165, 1.54) is 0 Å². The zero-order chi connectivity index (χ0) is 19.4. The average Bonchev–Trinajstić information content (AvgIpc) is 3.05. The highest BCUT2D eigenvalue weighted by Gasteiger charge is 2.20. The minimum atomic E-state index is -0.204. The molecule has 3 rings (SSSR count). The second kappa shape index (κ2) is 8.52. The Morgan fingerprint density at radius 1 is 1.19 bits per heavy atom. The molecule has 0 fully saturated rings. The number of benzene rings is 2. The van der Waals surface area contributed by atoms with Gasteiger partial charge in [0.25, 0.3) is 5.91 Å². The van der Waals surface area contributed by atoms with E-state index >= 15 is 0 Å². The molecule has 27 heavy (non-hydrogen) atoms. The van der Waals surface area contributed by atoms with Gasteiger partial charge in [-0.05, 0) is 50.1 Å². The second-order valence-corrected chi connectivity index (χ2v) is 7.15. The number of nitrogens with zero attached hydrogens (tertiary/aromatic N) is 2. The van der Waals surface area contributed by atoms with Gasteiger partial charge in [-0.25, -0.2) is 0 Å². The first kappa shape index (κ1) is 19.4. The van der Waals surface area contributed by atoms with Gasteiger partial charge in [-0.3, -0.25) is 9.36 Å². The van der Waals surface area contributed by atoms with Crippen LogP contribution < -0.4 is 5.32 Å². The van der Waals surface area contributed by atoms with Gasteiger partial charge >= 0.3 is 0 Å². The van der Waals surface area contributed by atoms with Crippen molar-refractivity contribution in [2.24, 2.45) is 0 Å². The molecule has 0 saturated carbocycles. The lowest BCUT2D eigenvalue weighted by molar-refractivity contribution is 0.0935. The van der Waals surface area contributed by atoms with Crippen LogP contribution in [0.3, 0.4) is 0 Å². The van der Waals surface area contributed by atoms with Gasteiger partial charge in [0.2, 0.25) is 0 Å². The van der Waals surface area contributed by atoms with Gasteiger partial charge < -0.3 is 15.2 Å². The summed E-state index contributed by atoms with van der Waals surface area (Å²) in [5, 5.41) is 3.68. The smallest absolute Gasteiger partial charge is 0.269 e. The molecule has 0 aliphatic heterocycles. The topological polar surface area (TPSA) is 53.1 Å². The number of carbonyl (C=O) groups is 1. The summed E-state index contributed by atoms with van der Waals surface area (Å²) in [6.07, 6.45) is 1.63. The van der Waals surface area contributed by atoms with Crippen LogP contribution in [0.5, 0.6) is 0 Å². The molecule has 0 aliphatic carbocycles. The highest BCUT2D eigenvalue weighted by molar-refractivity contribution is 7.71. The van der Waals surface area contributed by atoms with Crippen molar-refractivity contribution in [1.82, 2.24) is 19.8 Å². The first-order chi connectivity index (χ1) is 13.0. The van der Waals surface area contributed by atoms with Crippen molar-refractivity contribution >= 4 is 29.7 Å². The predicted molar refractivity (Wildman–Crippen MR) is 111 cm³/mol. The first-order valence-corrected chi connectivity index (χ1v) is 9.32. The molecule has 1 aromatic heterocycles. The second-order valence-electron chi connectivity index (χ2n) is 6.36. The average molecular weight is 401 g/mol. The van der Waals surface area contributed by atoms with E-state index in [0.717, 1.165) is 11.3 Å². The van der Waals surface area contributed by atoms with Gasteiger partial charge in [0.05, 0.1) is 6.04 Å². The fraction of sp³-hybridized carbons (Fsp3) is 0.200. The molecular formula is C20H21ClN4OS. The van der Waals surface area contributed by atoms with Crippen molar-refractivity contribution in [2.75, 3.05) is 20.6 Å². The van der Waals surface area contributed by atoms with Gasteiger partial charge in [0, 0.05) is 23.5 Å². The summed E-state index contributed by atoms with van der Waals surface area (Å²) in [5.41, 5.74) is 2.27. The number of rotatable bonds is 6. The number of aromatic nitrogens is 2. The normalized spacial score (nSPS) is 12.1. The van der Waals surface area contributed by atoms with Crippen molar-refractivity contribution in [2.45, 2.75) is 6.04 Å². The molecular weight excluding hydrogens is 380 g/mol. The predicted octanol–water partition coefficient (Wildman–Crippen LogP) is 4.22. The molecule has 5 nitrogen and oxygen atoms in total. The monoisotopic (exact) mass is 400 g/mol. The van der Waals surface area contributed by atoms with Crippen molar-refractivity contribution in [3.8, 4) is 5.69 Å². The van der Waals surface area contributed by atoms with E-state index in [1.54, 1.807) is 10.8 Å². The zero-order valence-corrected chi connectivity index (χ0v) is 16.7. The number of likely N-dealkylation sites (N-methyl/N-ethyl adjacent to an activating group) is 1. The standard InChI is InChI=1S/C20H21ClN4OS/c1-24(2)17(15-10-6-7-11-16(15)21)12-22-19(26)18-13-23-20(27)25(18)14-8-4-3-5-9-14/h3-11,13,17H,12H2,1-2H3,(H,22,26)(H,23,27)/t17-/m1/s1. The molecule has 0 radical (unpaired) electrons. The third-order valence-electron chi connectivity index (χ3n) is 4.37. The summed E-state index contributed by atoms with van der Waals surface area (Å²) in [6.45, 7) is 0.419. The molecule has 1 amide bonds. The molecule has 1 heterocycles. The van der Waals surface area contributed by atoms with Crippen LogP contribution in [0, 0.1) is 4.77 Å². The van der Waals surface area contributed by atoms with Gasteiger partial charge in [-0.15, -0.1) is 0 Å². The van der Waals surface area contributed by atoms with Gasteiger partial charge in [0.15, 0.2) is 4.77 Å². The maximum atomic E-state index is 12.8. The maximum absolute atomic E-state index is 12.8. The van der Waals surface area contributed by atoms with Gasteiger partial charge in [-0.2, -0.15) is 0 Å². The third-order valence-corrected chi connectivity index (χ3v) is 5.01. The first-order valence-electron chi connectivity index (χ1n) is 8.54. The molecule has 0 bridgehead atoms. The largest absolute Gasteiger partial charge is 0.349 e. The number of hydrogen-bond donors (Lipinski definition) is 2. The lowest BCUT2D eigenvalue weighted by atomic mass is 10.1. The van der Waals surface area contributed by atoms with E-state index in [4.69, 9.17) is 23.8 Å². The van der Waals surface area contributed by atoms with Crippen LogP contribution in [0.1, 0.15) is 22.1 Å². The number of para-hydroxylation sites is 1. The maximum Gasteiger partial charge on any atom is 0.269 e. The molecule has 0 unspecified atom stereocenters. The zero-order valence-electron chi connectivity index (χ0n) is 15.1. The highest BCUT2D eigenvalue weighted by Crippen LogP contribution is 2.25. The van der Waals surface area contributed by atoms with Crippen LogP contribution in [0.4, 0.5) is 0 Å². The number of hydrogen-bond acceptors (Lipinski definition) is 3. The van der Waals surface area contributed by atoms with Crippen LogP contribution in [-0.4, -0.2) is 41.0 Å². The van der Waals surface area contributed by atoms with E-state index in [9.17, 15) is 4.79 Å². The van der Waals surface area contributed by atoms with Crippen LogP contribution in [0.15, 0.2) is 60.8 Å². The summed E-state index contributed by atoms with van der Waals surface area (Å²) in [4.78, 5) is 17.8. The number of amides is 1. The summed E-state index contributed by atoms with van der Waals surface area (Å²) in [5.74, 6) is -0.204. The molecule has 7 heteroatoms. The SMILES string of the molecule is CN(C)[C@H](CNC(=O)c1c[nH]c(=S)n1-c1ccccc1)c1ccccc1Cl. The molecule has 0 aliphatic rings. The van der Waals surface area contributed by atoms with Crippen molar-refractivity contribution in [3.63, 3.8) is 0 Å². The van der Waals surface area contributed by atoms with E-state index < -0.39 is 0 Å². The van der Waals surface area contributed by atoms with Gasteiger partial charge in [-0.1, -0.05) is 48.0 Å². The lowest BCUT2D eigenvalue weighted by Crippen LogP contribution is -2.35. The van der Waals surface area contributed by atoms with Crippen LogP contribution in [0.2, 0.25) is 5.02 Å². The van der Waals surface area contributed by atoms with Crippen molar-refractivity contribution in [1.29, 1.82) is 0 Å². The van der Waals surface area contributed by atoms with E-state index in [-0.39, 0.29) is 11.9 Å². The Labute approximate surface area is 168 Å².